The van der Waals surface area contributed by atoms with Crippen LogP contribution in [0.1, 0.15) is 5.56 Å². The standard InChI is InChI=1S/C12H14BrNOS/c1-14(4-5-15)7-9-8-16-12-3-2-10(13)6-11(9)12/h2-3,6,8,15H,4-5,7H2,1H3/p+1. The van der Waals surface area contributed by atoms with Gasteiger partial charge in [0, 0.05) is 25.5 Å². The van der Waals surface area contributed by atoms with E-state index in [2.05, 4.69) is 46.6 Å². The SMILES string of the molecule is C[NH+](CCO)Cc1csc2ccc(Br)cc12. The van der Waals surface area contributed by atoms with Crippen LogP contribution in [0.4, 0.5) is 0 Å². The summed E-state index contributed by atoms with van der Waals surface area (Å²) in [6.07, 6.45) is 0. The first kappa shape index (κ1) is 12.0. The topological polar surface area (TPSA) is 24.7 Å². The van der Waals surface area contributed by atoms with E-state index in [-0.39, 0.29) is 6.61 Å². The highest BCUT2D eigenvalue weighted by Crippen LogP contribution is 2.28. The summed E-state index contributed by atoms with van der Waals surface area (Å²) < 4.78 is 2.45. The maximum Gasteiger partial charge on any atom is 0.104 e. The normalized spacial score (nSPS) is 13.2. The average molecular weight is 301 g/mol. The largest absolute Gasteiger partial charge is 0.391 e. The molecule has 1 heterocycles. The van der Waals surface area contributed by atoms with Crippen molar-refractivity contribution in [3.05, 3.63) is 33.6 Å². The molecule has 0 aliphatic heterocycles. The second kappa shape index (κ2) is 5.27. The minimum absolute atomic E-state index is 0.248. The number of thiophene rings is 1. The quantitative estimate of drug-likeness (QED) is 0.882. The van der Waals surface area contributed by atoms with E-state index in [1.54, 1.807) is 11.3 Å². The summed E-state index contributed by atoms with van der Waals surface area (Å²) in [5, 5.41) is 12.4. The lowest BCUT2D eigenvalue weighted by atomic mass is 10.2. The molecule has 0 amide bonds. The van der Waals surface area contributed by atoms with E-state index in [1.165, 1.54) is 20.5 Å². The monoisotopic (exact) mass is 300 g/mol. The van der Waals surface area contributed by atoms with Gasteiger partial charge < -0.3 is 10.0 Å². The van der Waals surface area contributed by atoms with Gasteiger partial charge in [-0.15, -0.1) is 11.3 Å². The van der Waals surface area contributed by atoms with Crippen molar-refractivity contribution in [3.8, 4) is 0 Å². The van der Waals surface area contributed by atoms with E-state index in [1.807, 2.05) is 0 Å². The number of aliphatic hydroxyl groups excluding tert-OH is 1. The molecule has 0 spiro atoms. The van der Waals surface area contributed by atoms with Gasteiger partial charge in [0.25, 0.3) is 0 Å². The molecule has 0 aliphatic rings. The molecule has 2 N–H and O–H groups in total. The molecule has 0 saturated heterocycles. The third-order valence-corrected chi connectivity index (χ3v) is 4.15. The van der Waals surface area contributed by atoms with Crippen LogP contribution in [0, 0.1) is 0 Å². The second-order valence-corrected chi connectivity index (χ2v) is 5.84. The molecule has 1 atom stereocenters. The Kier molecular flexibility index (Phi) is 3.97. The number of benzene rings is 1. The Morgan fingerprint density at radius 2 is 2.25 bits per heavy atom. The van der Waals surface area contributed by atoms with Gasteiger partial charge in [-0.3, -0.25) is 0 Å². The van der Waals surface area contributed by atoms with Crippen molar-refractivity contribution in [1.82, 2.24) is 0 Å². The molecule has 2 rings (SSSR count). The fourth-order valence-corrected chi connectivity index (χ4v) is 3.10. The molecule has 16 heavy (non-hydrogen) atoms. The van der Waals surface area contributed by atoms with Gasteiger partial charge in [-0.1, -0.05) is 15.9 Å². The molecule has 1 unspecified atom stereocenters. The number of hydrogen-bond acceptors (Lipinski definition) is 2. The summed E-state index contributed by atoms with van der Waals surface area (Å²) in [6.45, 7) is 2.01. The van der Waals surface area contributed by atoms with Gasteiger partial charge in [-0.05, 0) is 18.2 Å². The van der Waals surface area contributed by atoms with Crippen LogP contribution in [0.25, 0.3) is 10.1 Å². The van der Waals surface area contributed by atoms with E-state index in [4.69, 9.17) is 5.11 Å². The van der Waals surface area contributed by atoms with E-state index >= 15 is 0 Å². The van der Waals surface area contributed by atoms with Gasteiger partial charge in [0.2, 0.25) is 0 Å². The lowest BCUT2D eigenvalue weighted by Crippen LogP contribution is -3.08. The lowest BCUT2D eigenvalue weighted by molar-refractivity contribution is -0.893. The van der Waals surface area contributed by atoms with Gasteiger partial charge in [0.15, 0.2) is 0 Å². The highest BCUT2D eigenvalue weighted by atomic mass is 79.9. The maximum absolute atomic E-state index is 8.90. The zero-order valence-corrected chi connectivity index (χ0v) is 11.6. The number of quaternary nitrogens is 1. The van der Waals surface area contributed by atoms with Gasteiger partial charge in [0.05, 0.1) is 13.7 Å². The number of fused-ring (bicyclic) bond motifs is 1. The summed E-state index contributed by atoms with van der Waals surface area (Å²) in [5.74, 6) is 0. The third-order valence-electron chi connectivity index (χ3n) is 2.65. The summed E-state index contributed by atoms with van der Waals surface area (Å²) in [4.78, 5) is 1.34. The van der Waals surface area contributed by atoms with Gasteiger partial charge >= 0.3 is 0 Å². The number of hydrogen-bond donors (Lipinski definition) is 2. The second-order valence-electron chi connectivity index (χ2n) is 4.01. The number of halogens is 1. The predicted molar refractivity (Wildman–Crippen MR) is 72.1 cm³/mol. The van der Waals surface area contributed by atoms with Crippen LogP contribution in [0.5, 0.6) is 0 Å². The molecule has 2 nitrogen and oxygen atoms in total. The van der Waals surface area contributed by atoms with Crippen molar-refractivity contribution in [1.29, 1.82) is 0 Å². The first-order chi connectivity index (χ1) is 7.70. The Bertz CT molecular complexity index is 483. The summed E-state index contributed by atoms with van der Waals surface area (Å²) >= 11 is 5.29. The highest BCUT2D eigenvalue weighted by molar-refractivity contribution is 9.10. The number of nitrogens with one attached hydrogen (secondary N) is 1. The van der Waals surface area contributed by atoms with E-state index < -0.39 is 0 Å². The fourth-order valence-electron chi connectivity index (χ4n) is 1.80. The third kappa shape index (κ3) is 2.63. The van der Waals surface area contributed by atoms with Crippen molar-refractivity contribution < 1.29 is 10.0 Å². The number of aliphatic hydroxyl groups is 1. The van der Waals surface area contributed by atoms with Crippen molar-refractivity contribution in [2.24, 2.45) is 0 Å². The smallest absolute Gasteiger partial charge is 0.104 e. The first-order valence-corrected chi connectivity index (χ1v) is 6.96. The minimum Gasteiger partial charge on any atom is -0.391 e. The molecular formula is C12H15BrNOS+. The Morgan fingerprint density at radius 3 is 3.00 bits per heavy atom. The number of likely N-dealkylation sites (N-methyl/N-ethyl adjacent to an activating group) is 1. The first-order valence-electron chi connectivity index (χ1n) is 5.28. The van der Waals surface area contributed by atoms with Crippen LogP contribution in [0.3, 0.4) is 0 Å². The molecule has 1 aromatic heterocycles. The Labute approximate surface area is 108 Å². The molecule has 0 aliphatic carbocycles. The van der Waals surface area contributed by atoms with Crippen molar-refractivity contribution in [3.63, 3.8) is 0 Å². The van der Waals surface area contributed by atoms with Crippen LogP contribution in [-0.2, 0) is 6.54 Å². The molecule has 1 aromatic carbocycles. The summed E-state index contributed by atoms with van der Waals surface area (Å²) in [5.41, 5.74) is 1.37. The minimum atomic E-state index is 0.248. The molecule has 4 heteroatoms. The van der Waals surface area contributed by atoms with Crippen LogP contribution in [0.15, 0.2) is 28.1 Å². The summed E-state index contributed by atoms with van der Waals surface area (Å²) in [7, 11) is 2.11. The number of rotatable bonds is 4. The molecule has 2 aromatic rings. The molecule has 0 saturated carbocycles. The predicted octanol–water partition coefficient (Wildman–Crippen LogP) is 1.67. The van der Waals surface area contributed by atoms with Crippen LogP contribution in [-0.4, -0.2) is 25.3 Å². The molecule has 0 fully saturated rings. The van der Waals surface area contributed by atoms with E-state index in [0.717, 1.165) is 17.6 Å². The summed E-state index contributed by atoms with van der Waals surface area (Å²) in [6, 6.07) is 6.40. The van der Waals surface area contributed by atoms with Gasteiger partial charge in [-0.2, -0.15) is 0 Å². The zero-order valence-electron chi connectivity index (χ0n) is 9.16. The van der Waals surface area contributed by atoms with Crippen LogP contribution in [0.2, 0.25) is 0 Å². The van der Waals surface area contributed by atoms with Gasteiger partial charge in [-0.25, -0.2) is 0 Å². The van der Waals surface area contributed by atoms with Crippen molar-refractivity contribution in [2.75, 3.05) is 20.2 Å². The fraction of sp³-hybridized carbons (Fsp3) is 0.333. The highest BCUT2D eigenvalue weighted by Gasteiger charge is 2.09. The van der Waals surface area contributed by atoms with E-state index in [9.17, 15) is 0 Å². The Morgan fingerprint density at radius 1 is 1.44 bits per heavy atom. The molecule has 86 valence electrons. The Balaban J connectivity index is 2.27. The molecule has 0 bridgehead atoms. The van der Waals surface area contributed by atoms with Crippen LogP contribution < -0.4 is 4.90 Å². The zero-order chi connectivity index (χ0) is 11.5. The van der Waals surface area contributed by atoms with Crippen molar-refractivity contribution >= 4 is 37.4 Å². The molecule has 0 radical (unpaired) electrons. The van der Waals surface area contributed by atoms with Gasteiger partial charge in [0.1, 0.15) is 13.1 Å². The lowest BCUT2D eigenvalue weighted by Gasteiger charge is -2.11. The average Bonchev–Trinajstić information content (AvgIpc) is 2.61. The van der Waals surface area contributed by atoms with Crippen molar-refractivity contribution in [2.45, 2.75) is 6.54 Å². The van der Waals surface area contributed by atoms with E-state index in [0.29, 0.717) is 0 Å². The molecular weight excluding hydrogens is 286 g/mol. The van der Waals surface area contributed by atoms with Crippen LogP contribution >= 0.6 is 27.3 Å². The Hall–Kier alpha value is -0.420. The maximum atomic E-state index is 8.90.